The van der Waals surface area contributed by atoms with Crippen LogP contribution >= 0.6 is 11.3 Å². The number of nitrogen functional groups attached to an aromatic ring is 1. The zero-order chi connectivity index (χ0) is 21.6. The van der Waals surface area contributed by atoms with Gasteiger partial charge < -0.3 is 10.5 Å². The molecule has 2 aromatic rings. The number of allylic oxidation sites excluding steroid dienone is 2. The summed E-state index contributed by atoms with van der Waals surface area (Å²) in [7, 11) is 0. The quantitative estimate of drug-likeness (QED) is 0.404. The van der Waals surface area contributed by atoms with Gasteiger partial charge in [0.1, 0.15) is 5.60 Å². The monoisotopic (exact) mass is 404 g/mol. The third kappa shape index (κ3) is 10.8. The van der Waals surface area contributed by atoms with Gasteiger partial charge in [-0.25, -0.2) is 4.79 Å². The largest absolute Gasteiger partial charge is 0.444 e. The maximum absolute atomic E-state index is 11.7. The van der Waals surface area contributed by atoms with Crippen molar-refractivity contribution in [3.05, 3.63) is 47.9 Å². The highest BCUT2D eigenvalue weighted by molar-refractivity contribution is 7.13. The van der Waals surface area contributed by atoms with Crippen LogP contribution in [-0.4, -0.2) is 11.7 Å². The van der Waals surface area contributed by atoms with E-state index in [0.29, 0.717) is 11.4 Å². The van der Waals surface area contributed by atoms with Crippen LogP contribution in [0.15, 0.2) is 47.9 Å². The Hall–Kier alpha value is -2.27. The lowest BCUT2D eigenvalue weighted by molar-refractivity contribution is 0.0636. The summed E-state index contributed by atoms with van der Waals surface area (Å²) in [5.41, 5.74) is 7.55. The molecule has 0 unspecified atom stereocenters. The molecular weight excluding hydrogens is 368 g/mol. The van der Waals surface area contributed by atoms with Crippen LogP contribution in [0.2, 0.25) is 0 Å². The van der Waals surface area contributed by atoms with Gasteiger partial charge in [-0.2, -0.15) is 0 Å². The van der Waals surface area contributed by atoms with Crippen molar-refractivity contribution in [1.29, 1.82) is 0 Å². The van der Waals surface area contributed by atoms with Crippen LogP contribution in [0.1, 0.15) is 61.3 Å². The summed E-state index contributed by atoms with van der Waals surface area (Å²) in [5.74, 6) is 0. The fourth-order valence-electron chi connectivity index (χ4n) is 2.02. The van der Waals surface area contributed by atoms with Gasteiger partial charge in [-0.05, 0) is 62.8 Å². The Kier molecular flexibility index (Phi) is 12.7. The molecule has 0 radical (unpaired) electrons. The first-order valence-corrected chi connectivity index (χ1v) is 10.7. The van der Waals surface area contributed by atoms with Crippen molar-refractivity contribution in [3.8, 4) is 10.4 Å². The van der Waals surface area contributed by atoms with E-state index in [9.17, 15) is 4.79 Å². The SMILES string of the molecule is CC.CC(C)(C)OC(=O)Nc1ccc(-c2cccs2)cc1N.CC/C=C\CC. The van der Waals surface area contributed by atoms with E-state index in [1.54, 1.807) is 17.4 Å². The molecule has 0 aliphatic rings. The minimum absolute atomic E-state index is 0.506. The molecule has 1 aromatic heterocycles. The molecule has 0 spiro atoms. The molecule has 28 heavy (non-hydrogen) atoms. The molecule has 3 N–H and O–H groups in total. The van der Waals surface area contributed by atoms with Gasteiger partial charge in [0.15, 0.2) is 0 Å². The van der Waals surface area contributed by atoms with Crippen LogP contribution in [-0.2, 0) is 4.74 Å². The van der Waals surface area contributed by atoms with E-state index in [4.69, 9.17) is 10.5 Å². The summed E-state index contributed by atoms with van der Waals surface area (Å²) in [6.07, 6.45) is 6.20. The Morgan fingerprint density at radius 1 is 1.14 bits per heavy atom. The third-order valence-electron chi connectivity index (χ3n) is 3.13. The maximum atomic E-state index is 11.7. The van der Waals surface area contributed by atoms with Crippen molar-refractivity contribution in [2.75, 3.05) is 11.1 Å². The summed E-state index contributed by atoms with van der Waals surface area (Å²) in [4.78, 5) is 12.8. The van der Waals surface area contributed by atoms with Crippen LogP contribution in [0.25, 0.3) is 10.4 Å². The highest BCUT2D eigenvalue weighted by Gasteiger charge is 2.17. The van der Waals surface area contributed by atoms with E-state index in [2.05, 4.69) is 31.3 Å². The van der Waals surface area contributed by atoms with E-state index in [1.165, 1.54) is 12.8 Å². The Morgan fingerprint density at radius 2 is 1.75 bits per heavy atom. The number of nitrogens with two attached hydrogens (primary N) is 1. The molecule has 0 saturated heterocycles. The van der Waals surface area contributed by atoms with Crippen molar-refractivity contribution in [3.63, 3.8) is 0 Å². The lowest BCUT2D eigenvalue weighted by atomic mass is 10.1. The Balaban J connectivity index is 0.000000780. The number of carbonyl (C=O) groups excluding carboxylic acids is 1. The van der Waals surface area contributed by atoms with Gasteiger partial charge in [0.2, 0.25) is 0 Å². The number of rotatable bonds is 4. The summed E-state index contributed by atoms with van der Waals surface area (Å²) in [6, 6.07) is 9.57. The number of benzene rings is 1. The van der Waals surface area contributed by atoms with E-state index in [0.717, 1.165) is 10.4 Å². The second-order valence-corrected chi connectivity index (χ2v) is 7.64. The number of nitrogens with one attached hydrogen (secondary N) is 1. The van der Waals surface area contributed by atoms with Crippen molar-refractivity contribution in [1.82, 2.24) is 0 Å². The first-order chi connectivity index (χ1) is 13.3. The average molecular weight is 405 g/mol. The topological polar surface area (TPSA) is 64.3 Å². The highest BCUT2D eigenvalue weighted by Crippen LogP contribution is 2.30. The molecule has 0 fully saturated rings. The van der Waals surface area contributed by atoms with Crippen molar-refractivity contribution < 1.29 is 9.53 Å². The van der Waals surface area contributed by atoms with Gasteiger partial charge in [0.05, 0.1) is 11.4 Å². The molecule has 1 amide bonds. The average Bonchev–Trinajstić information content (AvgIpc) is 3.17. The van der Waals surface area contributed by atoms with Gasteiger partial charge in [-0.1, -0.05) is 52.0 Å². The van der Waals surface area contributed by atoms with Crippen molar-refractivity contribution in [2.45, 2.75) is 66.9 Å². The van der Waals surface area contributed by atoms with Crippen molar-refractivity contribution >= 4 is 28.8 Å². The van der Waals surface area contributed by atoms with E-state index >= 15 is 0 Å². The standard InChI is InChI=1S/C15H18N2O2S.C6H12.C2H6/c1-15(2,3)19-14(18)17-12-7-6-10(9-11(12)16)13-5-4-8-20-13;1-3-5-6-4-2;1-2/h4-9H,16H2,1-3H3,(H,17,18);5-6H,3-4H2,1-2H3;1-2H3/b;6-5-;. The Bertz CT molecular complexity index is 696. The van der Waals surface area contributed by atoms with Gasteiger partial charge in [-0.3, -0.25) is 5.32 Å². The second kappa shape index (κ2) is 13.8. The predicted octanol–water partition coefficient (Wildman–Crippen LogP) is 7.73. The number of hydrogen-bond donors (Lipinski definition) is 2. The molecule has 5 heteroatoms. The first kappa shape index (κ1) is 25.7. The molecule has 156 valence electrons. The first-order valence-electron chi connectivity index (χ1n) is 9.85. The van der Waals surface area contributed by atoms with Gasteiger partial charge >= 0.3 is 6.09 Å². The minimum Gasteiger partial charge on any atom is -0.444 e. The zero-order valence-corrected chi connectivity index (χ0v) is 19.2. The lowest BCUT2D eigenvalue weighted by Gasteiger charge is -2.20. The Morgan fingerprint density at radius 3 is 2.18 bits per heavy atom. The molecule has 2 rings (SSSR count). The molecule has 0 bridgehead atoms. The molecule has 4 nitrogen and oxygen atoms in total. The summed E-state index contributed by atoms with van der Waals surface area (Å²) < 4.78 is 5.20. The molecule has 0 aliphatic carbocycles. The van der Waals surface area contributed by atoms with Crippen LogP contribution in [0.5, 0.6) is 0 Å². The Labute approximate surface area is 174 Å². The molecule has 0 saturated carbocycles. The molecule has 1 aromatic carbocycles. The van der Waals surface area contributed by atoms with E-state index in [1.807, 2.05) is 64.3 Å². The lowest BCUT2D eigenvalue weighted by Crippen LogP contribution is -2.27. The molecule has 0 atom stereocenters. The number of hydrogen-bond acceptors (Lipinski definition) is 4. The second-order valence-electron chi connectivity index (χ2n) is 6.69. The predicted molar refractivity (Wildman–Crippen MR) is 125 cm³/mol. The summed E-state index contributed by atoms with van der Waals surface area (Å²) in [5, 5.41) is 4.67. The summed E-state index contributed by atoms with van der Waals surface area (Å²) in [6.45, 7) is 13.7. The van der Waals surface area contributed by atoms with Crippen LogP contribution in [0.3, 0.4) is 0 Å². The van der Waals surface area contributed by atoms with E-state index in [-0.39, 0.29) is 0 Å². The third-order valence-corrected chi connectivity index (χ3v) is 4.05. The maximum Gasteiger partial charge on any atom is 0.412 e. The van der Waals surface area contributed by atoms with Crippen LogP contribution < -0.4 is 11.1 Å². The molecule has 0 aliphatic heterocycles. The normalized spacial score (nSPS) is 10.4. The smallest absolute Gasteiger partial charge is 0.412 e. The van der Waals surface area contributed by atoms with Gasteiger partial charge in [0.25, 0.3) is 0 Å². The minimum atomic E-state index is -0.532. The van der Waals surface area contributed by atoms with Crippen LogP contribution in [0.4, 0.5) is 16.2 Å². The molecular formula is C23H36N2O2S. The van der Waals surface area contributed by atoms with E-state index < -0.39 is 11.7 Å². The number of thiophene rings is 1. The van der Waals surface area contributed by atoms with Gasteiger partial charge in [0, 0.05) is 4.88 Å². The number of anilines is 2. The summed E-state index contributed by atoms with van der Waals surface area (Å²) >= 11 is 1.64. The fourth-order valence-corrected chi connectivity index (χ4v) is 2.74. The zero-order valence-electron chi connectivity index (χ0n) is 18.3. The molecule has 1 heterocycles. The number of carbonyl (C=O) groups is 1. The van der Waals surface area contributed by atoms with Gasteiger partial charge in [-0.15, -0.1) is 11.3 Å². The highest BCUT2D eigenvalue weighted by atomic mass is 32.1. The van der Waals surface area contributed by atoms with Crippen LogP contribution in [0, 0.1) is 0 Å². The number of ether oxygens (including phenoxy) is 1. The fraction of sp³-hybridized carbons (Fsp3) is 0.435. The number of amides is 1. The van der Waals surface area contributed by atoms with Crippen molar-refractivity contribution in [2.24, 2.45) is 0 Å².